The zero-order valence-corrected chi connectivity index (χ0v) is 14.9. The molecule has 144 valence electrons. The van der Waals surface area contributed by atoms with Crippen molar-refractivity contribution in [3.63, 3.8) is 0 Å². The maximum absolute atomic E-state index is 12.6. The second kappa shape index (κ2) is 8.15. The number of aromatic amines is 1. The van der Waals surface area contributed by atoms with Crippen LogP contribution in [0.15, 0.2) is 21.9 Å². The van der Waals surface area contributed by atoms with Gasteiger partial charge in [-0.15, -0.1) is 0 Å². The van der Waals surface area contributed by atoms with Crippen molar-refractivity contribution in [3.8, 4) is 0 Å². The Balaban J connectivity index is 1.60. The minimum Gasteiger partial charge on any atom is -0.384 e. The van der Waals surface area contributed by atoms with Crippen LogP contribution in [0.4, 0.5) is 0 Å². The molecule has 9 nitrogen and oxygen atoms in total. The number of aryl methyl sites for hydroxylation is 1. The molecular formula is C17H26N4O5. The second-order valence-electron chi connectivity index (χ2n) is 7.13. The zero-order valence-electron chi connectivity index (χ0n) is 14.9. The average Bonchev–Trinajstić information content (AvgIpc) is 3.01. The summed E-state index contributed by atoms with van der Waals surface area (Å²) in [6.45, 7) is 3.84. The van der Waals surface area contributed by atoms with Crippen molar-refractivity contribution in [2.75, 3.05) is 45.9 Å². The monoisotopic (exact) mass is 366 g/mol. The van der Waals surface area contributed by atoms with E-state index in [0.29, 0.717) is 19.7 Å². The number of carbonyl (C=O) groups is 1. The topological polar surface area (TPSA) is 108 Å². The van der Waals surface area contributed by atoms with E-state index in [9.17, 15) is 19.5 Å². The summed E-state index contributed by atoms with van der Waals surface area (Å²) in [7, 11) is 0. The quantitative estimate of drug-likeness (QED) is 0.665. The first-order valence-corrected chi connectivity index (χ1v) is 9.05. The number of hydrogen-bond acceptors (Lipinski definition) is 6. The van der Waals surface area contributed by atoms with Crippen LogP contribution in [0.3, 0.4) is 0 Å². The lowest BCUT2D eigenvalue weighted by Crippen LogP contribution is -2.53. The van der Waals surface area contributed by atoms with Crippen LogP contribution in [0.2, 0.25) is 0 Å². The van der Waals surface area contributed by atoms with Crippen molar-refractivity contribution in [3.05, 3.63) is 33.1 Å². The van der Waals surface area contributed by atoms with E-state index in [2.05, 4.69) is 9.88 Å². The lowest BCUT2D eigenvalue weighted by Gasteiger charge is -2.34. The Bertz CT molecular complexity index is 739. The SMILES string of the molecule is O=C(CCn1ccc(=O)[nH]c1=O)N1CCOCC(O)(CN2CCCC2)C1. The third-order valence-corrected chi connectivity index (χ3v) is 4.89. The van der Waals surface area contributed by atoms with Gasteiger partial charge in [0.1, 0.15) is 5.60 Å². The Morgan fingerprint density at radius 1 is 1.27 bits per heavy atom. The maximum atomic E-state index is 12.6. The van der Waals surface area contributed by atoms with Crippen molar-refractivity contribution in [1.82, 2.24) is 19.4 Å². The van der Waals surface area contributed by atoms with Crippen LogP contribution in [0.1, 0.15) is 19.3 Å². The Morgan fingerprint density at radius 3 is 2.77 bits per heavy atom. The van der Waals surface area contributed by atoms with Gasteiger partial charge in [-0.2, -0.15) is 0 Å². The lowest BCUT2D eigenvalue weighted by molar-refractivity contribution is -0.134. The average molecular weight is 366 g/mol. The molecule has 0 saturated carbocycles. The summed E-state index contributed by atoms with van der Waals surface area (Å²) in [5.74, 6) is -0.145. The molecule has 0 radical (unpaired) electrons. The number of H-pyrrole nitrogens is 1. The summed E-state index contributed by atoms with van der Waals surface area (Å²) < 4.78 is 6.83. The number of rotatable bonds is 5. The molecule has 1 aromatic heterocycles. The first-order chi connectivity index (χ1) is 12.5. The molecule has 9 heteroatoms. The molecule has 1 aromatic rings. The number of nitrogens with zero attached hydrogens (tertiary/aromatic N) is 3. The number of likely N-dealkylation sites (tertiary alicyclic amines) is 1. The third-order valence-electron chi connectivity index (χ3n) is 4.89. The van der Waals surface area contributed by atoms with Crippen LogP contribution >= 0.6 is 0 Å². The number of β-amino-alcohol motifs (C(OH)–C–C–N with tert-alkyl or cyclic N) is 1. The molecule has 0 aromatic carbocycles. The minimum atomic E-state index is -1.08. The molecule has 1 unspecified atom stereocenters. The first kappa shape index (κ1) is 18.8. The summed E-state index contributed by atoms with van der Waals surface area (Å²) in [6, 6.07) is 1.25. The number of nitrogens with one attached hydrogen (secondary N) is 1. The van der Waals surface area contributed by atoms with Crippen molar-refractivity contribution in [2.24, 2.45) is 0 Å². The van der Waals surface area contributed by atoms with E-state index in [4.69, 9.17) is 4.74 Å². The maximum Gasteiger partial charge on any atom is 0.328 e. The van der Waals surface area contributed by atoms with Crippen molar-refractivity contribution in [1.29, 1.82) is 0 Å². The normalized spacial score (nSPS) is 24.6. The number of aromatic nitrogens is 2. The molecule has 3 rings (SSSR count). The number of aliphatic hydroxyl groups is 1. The van der Waals surface area contributed by atoms with Gasteiger partial charge in [0.15, 0.2) is 0 Å². The van der Waals surface area contributed by atoms with Crippen LogP contribution < -0.4 is 11.2 Å². The zero-order chi connectivity index (χ0) is 18.6. The fourth-order valence-electron chi connectivity index (χ4n) is 3.58. The van der Waals surface area contributed by atoms with Gasteiger partial charge >= 0.3 is 5.69 Å². The van der Waals surface area contributed by atoms with Crippen LogP contribution in [0.25, 0.3) is 0 Å². The largest absolute Gasteiger partial charge is 0.384 e. The standard InChI is InChI=1S/C17H26N4O5/c22-14-3-7-20(16(24)18-14)8-4-15(23)21-9-10-26-13-17(25,12-21)11-19-5-1-2-6-19/h3,7,25H,1-2,4-6,8-13H2,(H,18,22,24). The van der Waals surface area contributed by atoms with Gasteiger partial charge in [0, 0.05) is 38.3 Å². The summed E-state index contributed by atoms with van der Waals surface area (Å²) in [4.78, 5) is 41.4. The molecule has 0 aliphatic carbocycles. The highest BCUT2D eigenvalue weighted by atomic mass is 16.5. The van der Waals surface area contributed by atoms with E-state index in [1.54, 1.807) is 4.90 Å². The van der Waals surface area contributed by atoms with Crippen molar-refractivity contribution in [2.45, 2.75) is 31.4 Å². The van der Waals surface area contributed by atoms with Gasteiger partial charge in [-0.1, -0.05) is 0 Å². The summed E-state index contributed by atoms with van der Waals surface area (Å²) in [6.07, 6.45) is 3.76. The van der Waals surface area contributed by atoms with E-state index >= 15 is 0 Å². The number of ether oxygens (including phenoxy) is 1. The summed E-state index contributed by atoms with van der Waals surface area (Å²) >= 11 is 0. The third kappa shape index (κ3) is 4.80. The number of carbonyl (C=O) groups excluding carboxylic acids is 1. The van der Waals surface area contributed by atoms with E-state index in [1.165, 1.54) is 16.8 Å². The molecule has 3 heterocycles. The smallest absolute Gasteiger partial charge is 0.328 e. The first-order valence-electron chi connectivity index (χ1n) is 9.05. The molecule has 2 saturated heterocycles. The van der Waals surface area contributed by atoms with Crippen LogP contribution in [-0.4, -0.2) is 81.9 Å². The molecule has 1 atom stereocenters. The summed E-state index contributed by atoms with van der Waals surface area (Å²) in [5.41, 5.74) is -2.07. The Labute approximate surface area is 151 Å². The van der Waals surface area contributed by atoms with Crippen LogP contribution in [0.5, 0.6) is 0 Å². The Kier molecular flexibility index (Phi) is 5.90. The molecular weight excluding hydrogens is 340 g/mol. The lowest BCUT2D eigenvalue weighted by atomic mass is 10.0. The highest BCUT2D eigenvalue weighted by Gasteiger charge is 2.36. The minimum absolute atomic E-state index is 0.117. The molecule has 2 aliphatic heterocycles. The van der Waals surface area contributed by atoms with Gasteiger partial charge in [0.25, 0.3) is 5.56 Å². The molecule has 0 bridgehead atoms. The Hall–Kier alpha value is -1.97. The van der Waals surface area contributed by atoms with Gasteiger partial charge < -0.3 is 24.2 Å². The van der Waals surface area contributed by atoms with Crippen molar-refractivity contribution >= 4 is 5.91 Å². The van der Waals surface area contributed by atoms with E-state index < -0.39 is 16.9 Å². The van der Waals surface area contributed by atoms with Crippen LogP contribution in [0, 0.1) is 0 Å². The van der Waals surface area contributed by atoms with E-state index in [-0.39, 0.29) is 32.0 Å². The van der Waals surface area contributed by atoms with Gasteiger partial charge in [-0.25, -0.2) is 4.79 Å². The van der Waals surface area contributed by atoms with Gasteiger partial charge in [-0.05, 0) is 25.9 Å². The fourth-order valence-corrected chi connectivity index (χ4v) is 3.58. The molecule has 0 spiro atoms. The highest BCUT2D eigenvalue weighted by molar-refractivity contribution is 5.76. The predicted molar refractivity (Wildman–Crippen MR) is 94.0 cm³/mol. The predicted octanol–water partition coefficient (Wildman–Crippen LogP) is -1.39. The van der Waals surface area contributed by atoms with E-state index in [0.717, 1.165) is 25.9 Å². The van der Waals surface area contributed by atoms with Gasteiger partial charge in [0.05, 0.1) is 19.8 Å². The molecule has 2 aliphatic rings. The molecule has 26 heavy (non-hydrogen) atoms. The van der Waals surface area contributed by atoms with E-state index in [1.807, 2.05) is 0 Å². The van der Waals surface area contributed by atoms with Crippen LogP contribution in [-0.2, 0) is 16.1 Å². The Morgan fingerprint density at radius 2 is 2.04 bits per heavy atom. The molecule has 2 N–H and O–H groups in total. The molecule has 2 fully saturated rings. The highest BCUT2D eigenvalue weighted by Crippen LogP contribution is 2.18. The van der Waals surface area contributed by atoms with Gasteiger partial charge in [-0.3, -0.25) is 14.6 Å². The second-order valence-corrected chi connectivity index (χ2v) is 7.13. The molecule has 1 amide bonds. The number of amides is 1. The fraction of sp³-hybridized carbons (Fsp3) is 0.706. The van der Waals surface area contributed by atoms with Gasteiger partial charge in [0.2, 0.25) is 5.91 Å². The summed E-state index contributed by atoms with van der Waals surface area (Å²) in [5, 5.41) is 10.9. The number of hydrogen-bond donors (Lipinski definition) is 2. The van der Waals surface area contributed by atoms with Crippen molar-refractivity contribution < 1.29 is 14.6 Å².